The molecule has 1 saturated heterocycles. The van der Waals surface area contributed by atoms with E-state index in [0.717, 1.165) is 12.4 Å². The molecule has 2 fully saturated rings. The Bertz CT molecular complexity index is 1320. The monoisotopic (exact) mass is 568 g/mol. The van der Waals surface area contributed by atoms with Gasteiger partial charge in [-0.25, -0.2) is 14.4 Å². The number of ether oxygens (including phenoxy) is 2. The Morgan fingerprint density at radius 1 is 1.26 bits per heavy atom. The second-order valence-corrected chi connectivity index (χ2v) is 10.9. The number of nitrogens with one attached hydrogen (secondary N) is 1. The second kappa shape index (κ2) is 9.93. The zero-order valence-corrected chi connectivity index (χ0v) is 21.4. The summed E-state index contributed by atoms with van der Waals surface area (Å²) >= 11 is 1.20. The molecule has 1 aliphatic carbocycles. The molecule has 1 aromatic heterocycles. The molecular weight excluding hydrogens is 544 g/mol. The molecule has 3 aliphatic rings. The number of carbonyl (C=O) groups is 2. The zero-order chi connectivity index (χ0) is 28.0. The summed E-state index contributed by atoms with van der Waals surface area (Å²) in [6, 6.07) is 3.95. The Morgan fingerprint density at radius 2 is 2.00 bits per heavy atom. The molecule has 0 radical (unpaired) electrons. The molecule has 15 heteroatoms. The quantitative estimate of drug-likeness (QED) is 0.509. The summed E-state index contributed by atoms with van der Waals surface area (Å²) in [5, 5.41) is 2.75. The number of carbonyl (C=O) groups excluding carboxylic acids is 2. The molecule has 208 valence electrons. The summed E-state index contributed by atoms with van der Waals surface area (Å²) in [6.45, 7) is 2.00. The number of aromatic nitrogens is 2. The molecule has 0 bridgehead atoms. The number of rotatable bonds is 6. The minimum Gasteiger partial charge on any atom is -0.467 e. The number of anilines is 1. The van der Waals surface area contributed by atoms with E-state index in [2.05, 4.69) is 25.0 Å². The van der Waals surface area contributed by atoms with Crippen molar-refractivity contribution in [2.75, 3.05) is 38.2 Å². The first kappa shape index (κ1) is 27.1. The number of amides is 2. The number of benzene rings is 1. The van der Waals surface area contributed by atoms with Crippen molar-refractivity contribution in [3.05, 3.63) is 47.7 Å². The molecular formula is C24H24F4N6O4S. The number of hydrogen-bond donors (Lipinski definition) is 2. The van der Waals surface area contributed by atoms with E-state index in [4.69, 9.17) is 10.5 Å². The van der Waals surface area contributed by atoms with Gasteiger partial charge in [-0.2, -0.15) is 13.2 Å². The van der Waals surface area contributed by atoms with E-state index in [1.807, 2.05) is 0 Å². The largest absolute Gasteiger partial charge is 0.467 e. The van der Waals surface area contributed by atoms with E-state index in [1.54, 1.807) is 11.8 Å². The number of nitrogens with two attached hydrogens (primary N) is 1. The van der Waals surface area contributed by atoms with Gasteiger partial charge in [0, 0.05) is 30.3 Å². The number of fused-ring (bicyclic) bond motifs is 1. The number of thioether (sulfide) groups is 1. The maximum absolute atomic E-state index is 15.2. The molecule has 1 saturated carbocycles. The number of amidine groups is 1. The third-order valence-electron chi connectivity index (χ3n) is 6.89. The van der Waals surface area contributed by atoms with Gasteiger partial charge < -0.3 is 25.4 Å². The third-order valence-corrected chi connectivity index (χ3v) is 8.18. The van der Waals surface area contributed by atoms with E-state index >= 15 is 4.39 Å². The zero-order valence-electron chi connectivity index (χ0n) is 20.6. The van der Waals surface area contributed by atoms with E-state index in [-0.39, 0.29) is 33.9 Å². The van der Waals surface area contributed by atoms with Gasteiger partial charge in [0.15, 0.2) is 11.8 Å². The first-order valence-electron chi connectivity index (χ1n) is 12.0. The summed E-state index contributed by atoms with van der Waals surface area (Å²) in [7, 11) is 0. The summed E-state index contributed by atoms with van der Waals surface area (Å²) < 4.78 is 61.1. The lowest BCUT2D eigenvalue weighted by Gasteiger charge is -2.37. The van der Waals surface area contributed by atoms with Crippen molar-refractivity contribution in [2.45, 2.75) is 29.8 Å². The molecule has 3 N–H and O–H groups in total. The molecule has 2 aliphatic heterocycles. The Kier molecular flexibility index (Phi) is 6.91. The molecule has 10 nitrogen and oxygen atoms in total. The van der Waals surface area contributed by atoms with Gasteiger partial charge in [0.25, 0.3) is 5.91 Å². The average Bonchev–Trinajstić information content (AvgIpc) is 3.65. The van der Waals surface area contributed by atoms with Crippen molar-refractivity contribution in [1.82, 2.24) is 14.9 Å². The van der Waals surface area contributed by atoms with Crippen LogP contribution in [0.5, 0.6) is 5.88 Å². The van der Waals surface area contributed by atoms with Crippen LogP contribution in [0.25, 0.3) is 0 Å². The lowest BCUT2D eigenvalue weighted by Crippen LogP contribution is -2.49. The summed E-state index contributed by atoms with van der Waals surface area (Å²) in [5.41, 5.74) is 5.17. The van der Waals surface area contributed by atoms with Gasteiger partial charge in [0.1, 0.15) is 16.3 Å². The van der Waals surface area contributed by atoms with Gasteiger partial charge >= 0.3 is 6.18 Å². The van der Waals surface area contributed by atoms with Gasteiger partial charge in [-0.3, -0.25) is 14.6 Å². The lowest BCUT2D eigenvalue weighted by molar-refractivity contribution is -0.154. The number of hydrogen-bond acceptors (Lipinski definition) is 9. The maximum atomic E-state index is 15.2. The van der Waals surface area contributed by atoms with Crippen LogP contribution in [0.1, 0.15) is 29.4 Å². The first-order chi connectivity index (χ1) is 18.4. The number of nitrogens with zero attached hydrogens (tertiary/aromatic N) is 4. The fraction of sp³-hybridized carbons (Fsp3) is 0.458. The third kappa shape index (κ3) is 5.37. The van der Waals surface area contributed by atoms with E-state index in [0.29, 0.717) is 32.7 Å². The van der Waals surface area contributed by atoms with Gasteiger partial charge in [0.05, 0.1) is 31.1 Å². The van der Waals surface area contributed by atoms with Crippen molar-refractivity contribution < 1.29 is 36.6 Å². The van der Waals surface area contributed by atoms with Gasteiger partial charge in [0.2, 0.25) is 11.8 Å². The minimum atomic E-state index is -4.55. The highest BCUT2D eigenvalue weighted by Gasteiger charge is 2.71. The van der Waals surface area contributed by atoms with Crippen LogP contribution in [-0.2, 0) is 15.1 Å². The molecule has 0 unspecified atom stereocenters. The Labute approximate surface area is 224 Å². The van der Waals surface area contributed by atoms with Crippen LogP contribution in [0, 0.1) is 11.7 Å². The van der Waals surface area contributed by atoms with E-state index in [9.17, 15) is 22.8 Å². The standard InChI is InChI=1S/C24H24F4N6O4S/c1-22(17-9-23(17,39-21(29)33-22)20(36)34-4-6-37-7-5-34)14-8-13(2-3-15(14)25)32-19(35)16-10-31-18(11-30-16)38-12-24(26,27)28/h2-3,8,10-11,17H,4-7,9,12H2,1H3,(H2,29,33)(H,32,35)/t17-,22+,23-/m0/s1. The van der Waals surface area contributed by atoms with Crippen LogP contribution in [0.4, 0.5) is 23.2 Å². The number of halogens is 4. The van der Waals surface area contributed by atoms with Crippen LogP contribution >= 0.6 is 11.8 Å². The van der Waals surface area contributed by atoms with Crippen LogP contribution in [-0.4, -0.2) is 75.7 Å². The Hall–Kier alpha value is -3.46. The fourth-order valence-electron chi connectivity index (χ4n) is 4.94. The molecule has 0 spiro atoms. The van der Waals surface area contributed by atoms with Crippen LogP contribution in [0.15, 0.2) is 35.6 Å². The predicted molar refractivity (Wildman–Crippen MR) is 133 cm³/mol. The summed E-state index contributed by atoms with van der Waals surface area (Å²) in [5.74, 6) is -2.10. The summed E-state index contributed by atoms with van der Waals surface area (Å²) in [6.07, 6.45) is -2.22. The highest BCUT2D eigenvalue weighted by molar-refractivity contribution is 8.15. The highest BCUT2D eigenvalue weighted by atomic mass is 32.2. The van der Waals surface area contributed by atoms with Gasteiger partial charge in [-0.1, -0.05) is 11.8 Å². The molecule has 2 aromatic rings. The van der Waals surface area contributed by atoms with Crippen molar-refractivity contribution in [3.63, 3.8) is 0 Å². The molecule has 39 heavy (non-hydrogen) atoms. The molecule has 3 heterocycles. The van der Waals surface area contributed by atoms with Crippen LogP contribution in [0.3, 0.4) is 0 Å². The molecule has 2 amide bonds. The van der Waals surface area contributed by atoms with Gasteiger partial charge in [-0.05, 0) is 31.5 Å². The van der Waals surface area contributed by atoms with Crippen molar-refractivity contribution >= 4 is 34.4 Å². The molecule has 3 atom stereocenters. The van der Waals surface area contributed by atoms with Gasteiger partial charge in [-0.15, -0.1) is 0 Å². The SMILES string of the molecule is C[C@]1(c2cc(NC(=O)c3cnc(OCC(F)(F)F)cn3)ccc2F)N=C(N)S[C@@]2(C(=O)N3CCOCC3)C[C@H]21. The van der Waals surface area contributed by atoms with Crippen molar-refractivity contribution in [2.24, 2.45) is 16.6 Å². The van der Waals surface area contributed by atoms with Crippen LogP contribution < -0.4 is 15.8 Å². The van der Waals surface area contributed by atoms with E-state index in [1.165, 1.54) is 30.0 Å². The average molecular weight is 569 g/mol. The number of aliphatic imine (C=N–C) groups is 1. The predicted octanol–water partition coefficient (Wildman–Crippen LogP) is 2.70. The first-order valence-corrected chi connectivity index (χ1v) is 12.8. The van der Waals surface area contributed by atoms with Crippen LogP contribution in [0.2, 0.25) is 0 Å². The number of alkyl halides is 3. The fourth-order valence-corrected chi connectivity index (χ4v) is 6.38. The summed E-state index contributed by atoms with van der Waals surface area (Å²) in [4.78, 5) is 39.9. The molecule has 1 aromatic carbocycles. The second-order valence-electron chi connectivity index (χ2n) is 9.54. The van der Waals surface area contributed by atoms with Crippen molar-refractivity contribution in [1.29, 1.82) is 0 Å². The lowest BCUT2D eigenvalue weighted by atomic mass is 9.85. The Balaban J connectivity index is 1.34. The normalized spacial score (nSPS) is 26.3. The highest BCUT2D eigenvalue weighted by Crippen LogP contribution is 2.66. The number of morpholine rings is 1. The Morgan fingerprint density at radius 3 is 2.67 bits per heavy atom. The topological polar surface area (TPSA) is 132 Å². The minimum absolute atomic E-state index is 0.0732. The maximum Gasteiger partial charge on any atom is 0.422 e. The van der Waals surface area contributed by atoms with Crippen molar-refractivity contribution in [3.8, 4) is 5.88 Å². The van der Waals surface area contributed by atoms with E-state index < -0.39 is 40.7 Å². The molecule has 5 rings (SSSR count). The smallest absolute Gasteiger partial charge is 0.422 e.